The minimum absolute atomic E-state index is 0.0695. The first-order valence-electron chi connectivity index (χ1n) is 5.98. The predicted octanol–water partition coefficient (Wildman–Crippen LogP) is 1.58. The van der Waals surface area contributed by atoms with Crippen molar-refractivity contribution in [3.63, 3.8) is 0 Å². The average Bonchev–Trinajstić information content (AvgIpc) is 2.48. The summed E-state index contributed by atoms with van der Waals surface area (Å²) in [5.74, 6) is 0.818. The standard InChI is InChI=1S/C14H12N4O2/c1-20-9-4-2-8(3-5-9)11-10-6-7-16-13(19)12(10)18-14(15)17-11/h2-7H,1H3,(H,16,19)(H2,15,17,18). The van der Waals surface area contributed by atoms with E-state index in [4.69, 9.17) is 10.5 Å². The summed E-state index contributed by atoms with van der Waals surface area (Å²) in [6.45, 7) is 0. The van der Waals surface area contributed by atoms with Gasteiger partial charge in [0.25, 0.3) is 5.56 Å². The number of ether oxygens (including phenoxy) is 1. The minimum atomic E-state index is -0.286. The van der Waals surface area contributed by atoms with E-state index in [9.17, 15) is 4.79 Å². The molecule has 3 aromatic rings. The Morgan fingerprint density at radius 1 is 1.15 bits per heavy atom. The first-order valence-corrected chi connectivity index (χ1v) is 5.98. The van der Waals surface area contributed by atoms with Gasteiger partial charge in [-0.3, -0.25) is 4.79 Å². The molecule has 6 heteroatoms. The summed E-state index contributed by atoms with van der Waals surface area (Å²) in [4.78, 5) is 22.6. The molecule has 3 rings (SSSR count). The molecule has 0 radical (unpaired) electrons. The van der Waals surface area contributed by atoms with Crippen LogP contribution in [0, 0.1) is 0 Å². The Balaban J connectivity index is 2.29. The number of nitrogen functional groups attached to an aromatic ring is 1. The third kappa shape index (κ3) is 1.97. The highest BCUT2D eigenvalue weighted by Gasteiger charge is 2.10. The van der Waals surface area contributed by atoms with Crippen molar-refractivity contribution in [3.8, 4) is 17.0 Å². The second-order valence-electron chi connectivity index (χ2n) is 4.23. The van der Waals surface area contributed by atoms with E-state index in [-0.39, 0.29) is 17.0 Å². The first kappa shape index (κ1) is 12.2. The fraction of sp³-hybridized carbons (Fsp3) is 0.0714. The lowest BCUT2D eigenvalue weighted by Gasteiger charge is -2.07. The summed E-state index contributed by atoms with van der Waals surface area (Å²) in [5, 5.41) is 0.660. The van der Waals surface area contributed by atoms with Gasteiger partial charge >= 0.3 is 0 Å². The second-order valence-corrected chi connectivity index (χ2v) is 4.23. The number of benzene rings is 1. The van der Waals surface area contributed by atoms with Gasteiger partial charge in [0, 0.05) is 17.1 Å². The summed E-state index contributed by atoms with van der Waals surface area (Å²) >= 11 is 0. The maximum atomic E-state index is 11.8. The van der Waals surface area contributed by atoms with E-state index in [0.29, 0.717) is 11.1 Å². The number of nitrogens with one attached hydrogen (secondary N) is 1. The Morgan fingerprint density at radius 2 is 1.90 bits per heavy atom. The van der Waals surface area contributed by atoms with Gasteiger partial charge in [0.1, 0.15) is 11.3 Å². The molecule has 0 bridgehead atoms. The lowest BCUT2D eigenvalue weighted by atomic mass is 10.1. The van der Waals surface area contributed by atoms with Crippen LogP contribution in [-0.4, -0.2) is 22.1 Å². The van der Waals surface area contributed by atoms with Crippen molar-refractivity contribution in [2.45, 2.75) is 0 Å². The van der Waals surface area contributed by atoms with Gasteiger partial charge in [-0.05, 0) is 30.3 Å². The fourth-order valence-electron chi connectivity index (χ4n) is 2.06. The van der Waals surface area contributed by atoms with Crippen molar-refractivity contribution in [3.05, 3.63) is 46.9 Å². The van der Waals surface area contributed by atoms with E-state index < -0.39 is 0 Å². The van der Waals surface area contributed by atoms with Gasteiger partial charge in [-0.2, -0.15) is 0 Å². The number of fused-ring (bicyclic) bond motifs is 1. The van der Waals surface area contributed by atoms with Crippen LogP contribution in [0.4, 0.5) is 5.95 Å². The van der Waals surface area contributed by atoms with E-state index in [1.807, 2.05) is 24.3 Å². The topological polar surface area (TPSA) is 93.9 Å². The number of H-pyrrole nitrogens is 1. The van der Waals surface area contributed by atoms with Gasteiger partial charge in [-0.15, -0.1) is 0 Å². The number of nitrogens with zero attached hydrogens (tertiary/aromatic N) is 2. The van der Waals surface area contributed by atoms with E-state index in [0.717, 1.165) is 11.3 Å². The zero-order valence-corrected chi connectivity index (χ0v) is 10.8. The summed E-state index contributed by atoms with van der Waals surface area (Å²) in [6, 6.07) is 9.14. The molecular formula is C14H12N4O2. The molecule has 0 aliphatic rings. The maximum absolute atomic E-state index is 11.8. The normalized spacial score (nSPS) is 10.7. The number of methoxy groups -OCH3 is 1. The van der Waals surface area contributed by atoms with Crippen molar-refractivity contribution in [2.75, 3.05) is 12.8 Å². The van der Waals surface area contributed by atoms with Crippen LogP contribution in [0.5, 0.6) is 5.75 Å². The lowest BCUT2D eigenvalue weighted by molar-refractivity contribution is 0.415. The third-order valence-corrected chi connectivity index (χ3v) is 3.01. The van der Waals surface area contributed by atoms with Crippen LogP contribution in [0.3, 0.4) is 0 Å². The van der Waals surface area contributed by atoms with Crippen molar-refractivity contribution >= 4 is 16.9 Å². The molecule has 2 heterocycles. The Morgan fingerprint density at radius 3 is 2.60 bits per heavy atom. The SMILES string of the molecule is COc1ccc(-c2nc(N)nc3c(=O)[nH]ccc23)cc1. The smallest absolute Gasteiger partial charge is 0.274 e. The summed E-state index contributed by atoms with van der Waals surface area (Å²) in [5.41, 5.74) is 7.15. The summed E-state index contributed by atoms with van der Waals surface area (Å²) in [7, 11) is 1.60. The van der Waals surface area contributed by atoms with Gasteiger partial charge in [0.2, 0.25) is 5.95 Å². The van der Waals surface area contributed by atoms with Gasteiger partial charge in [-0.25, -0.2) is 9.97 Å². The van der Waals surface area contributed by atoms with Crippen LogP contribution in [-0.2, 0) is 0 Å². The van der Waals surface area contributed by atoms with Crippen LogP contribution in [0.1, 0.15) is 0 Å². The number of aromatic nitrogens is 3. The molecule has 0 unspecified atom stereocenters. The number of rotatable bonds is 2. The second kappa shape index (κ2) is 4.65. The molecule has 0 aliphatic carbocycles. The molecule has 6 nitrogen and oxygen atoms in total. The number of aromatic amines is 1. The van der Waals surface area contributed by atoms with Crippen molar-refractivity contribution < 1.29 is 4.74 Å². The zero-order chi connectivity index (χ0) is 14.1. The van der Waals surface area contributed by atoms with Crippen molar-refractivity contribution in [2.24, 2.45) is 0 Å². The molecular weight excluding hydrogens is 256 g/mol. The van der Waals surface area contributed by atoms with E-state index in [1.165, 1.54) is 0 Å². The number of hydrogen-bond acceptors (Lipinski definition) is 5. The number of hydrogen-bond donors (Lipinski definition) is 2. The molecule has 0 fully saturated rings. The Kier molecular flexibility index (Phi) is 2.83. The molecule has 20 heavy (non-hydrogen) atoms. The average molecular weight is 268 g/mol. The van der Waals surface area contributed by atoms with Crippen molar-refractivity contribution in [1.29, 1.82) is 0 Å². The maximum Gasteiger partial charge on any atom is 0.274 e. The van der Waals surface area contributed by atoms with E-state index >= 15 is 0 Å². The number of anilines is 1. The third-order valence-electron chi connectivity index (χ3n) is 3.01. The van der Waals surface area contributed by atoms with Gasteiger partial charge < -0.3 is 15.5 Å². The largest absolute Gasteiger partial charge is 0.497 e. The molecule has 2 aromatic heterocycles. The van der Waals surface area contributed by atoms with E-state index in [2.05, 4.69) is 15.0 Å². The Hall–Kier alpha value is -2.89. The van der Waals surface area contributed by atoms with Crippen molar-refractivity contribution in [1.82, 2.24) is 15.0 Å². The highest BCUT2D eigenvalue weighted by molar-refractivity contribution is 5.92. The molecule has 0 saturated carbocycles. The molecule has 1 aromatic carbocycles. The zero-order valence-electron chi connectivity index (χ0n) is 10.8. The van der Waals surface area contributed by atoms with Gasteiger partial charge in [0.15, 0.2) is 0 Å². The Labute approximate surface area is 114 Å². The van der Waals surface area contributed by atoms with Crippen LogP contribution >= 0.6 is 0 Å². The minimum Gasteiger partial charge on any atom is -0.497 e. The van der Waals surface area contributed by atoms with Crippen LogP contribution in [0.15, 0.2) is 41.3 Å². The van der Waals surface area contributed by atoms with Gasteiger partial charge in [0.05, 0.1) is 12.8 Å². The summed E-state index contributed by atoms with van der Waals surface area (Å²) in [6.07, 6.45) is 1.57. The molecule has 0 atom stereocenters. The quantitative estimate of drug-likeness (QED) is 0.735. The van der Waals surface area contributed by atoms with Crippen LogP contribution < -0.4 is 16.0 Å². The molecule has 3 N–H and O–H groups in total. The van der Waals surface area contributed by atoms with Crippen LogP contribution in [0.2, 0.25) is 0 Å². The predicted molar refractivity (Wildman–Crippen MR) is 76.6 cm³/mol. The monoisotopic (exact) mass is 268 g/mol. The number of nitrogens with two attached hydrogens (primary N) is 1. The molecule has 0 saturated heterocycles. The highest BCUT2D eigenvalue weighted by Crippen LogP contribution is 2.26. The number of pyridine rings is 1. The molecule has 0 amide bonds. The Bertz CT molecular complexity index is 825. The first-order chi connectivity index (χ1) is 9.69. The van der Waals surface area contributed by atoms with E-state index in [1.54, 1.807) is 19.4 Å². The molecule has 0 aliphatic heterocycles. The molecule has 100 valence electrons. The lowest BCUT2D eigenvalue weighted by Crippen LogP contribution is -2.09. The van der Waals surface area contributed by atoms with Crippen LogP contribution in [0.25, 0.3) is 22.2 Å². The molecule has 0 spiro atoms. The fourth-order valence-corrected chi connectivity index (χ4v) is 2.06. The highest BCUT2D eigenvalue weighted by atomic mass is 16.5. The van der Waals surface area contributed by atoms with Gasteiger partial charge in [-0.1, -0.05) is 0 Å². The summed E-state index contributed by atoms with van der Waals surface area (Å²) < 4.78 is 5.12.